The summed E-state index contributed by atoms with van der Waals surface area (Å²) in [5, 5.41) is 0.590. The zero-order valence-corrected chi connectivity index (χ0v) is 17.6. The Labute approximate surface area is 146 Å². The second-order valence-corrected chi connectivity index (χ2v) is 11.4. The van der Waals surface area contributed by atoms with Crippen molar-refractivity contribution in [3.63, 3.8) is 0 Å². The van der Waals surface area contributed by atoms with Crippen LogP contribution in [0.25, 0.3) is 0 Å². The molecule has 1 fully saturated rings. The third kappa shape index (κ3) is 5.12. The molecule has 22 heavy (non-hydrogen) atoms. The summed E-state index contributed by atoms with van der Waals surface area (Å²) in [5.41, 5.74) is 0.930. The summed E-state index contributed by atoms with van der Waals surface area (Å²) in [6.07, 6.45) is 9.62. The molecule has 0 aromatic rings. The van der Waals surface area contributed by atoms with E-state index in [9.17, 15) is 0 Å². The van der Waals surface area contributed by atoms with Crippen molar-refractivity contribution in [1.82, 2.24) is 0 Å². The Bertz CT molecular complexity index is 312. The van der Waals surface area contributed by atoms with Crippen LogP contribution >= 0.6 is 20.8 Å². The molecule has 0 saturated carbocycles. The fourth-order valence-electron chi connectivity index (χ4n) is 4.83. The monoisotopic (exact) mass is 346 g/mol. The van der Waals surface area contributed by atoms with Gasteiger partial charge in [0.15, 0.2) is 0 Å². The van der Waals surface area contributed by atoms with Crippen LogP contribution in [-0.4, -0.2) is 23.6 Å². The molecule has 0 aliphatic carbocycles. The van der Waals surface area contributed by atoms with Crippen molar-refractivity contribution >= 4 is 20.8 Å². The van der Waals surface area contributed by atoms with Crippen LogP contribution < -0.4 is 0 Å². The Hall–Kier alpha value is 0.740. The molecule has 0 spiro atoms. The summed E-state index contributed by atoms with van der Waals surface area (Å²) in [4.78, 5) is 0. The zero-order chi connectivity index (χ0) is 16.8. The first-order chi connectivity index (χ1) is 10.4. The highest BCUT2D eigenvalue weighted by Gasteiger charge is 2.48. The molecule has 132 valence electrons. The molecule has 1 saturated heterocycles. The molecular formula is C19H39OPS. The Morgan fingerprint density at radius 3 is 2.50 bits per heavy atom. The lowest BCUT2D eigenvalue weighted by molar-refractivity contribution is 0.230. The second kappa shape index (κ2) is 9.90. The van der Waals surface area contributed by atoms with E-state index in [0.29, 0.717) is 5.16 Å². The van der Waals surface area contributed by atoms with E-state index in [1.165, 1.54) is 38.3 Å². The molecule has 0 aromatic carbocycles. The average molecular weight is 347 g/mol. The SMILES string of the molecule is CCCC1(C)C([C@H](C)CCOS)CCP1C(C)C[C@@H](C)CC. The Morgan fingerprint density at radius 2 is 1.95 bits per heavy atom. The summed E-state index contributed by atoms with van der Waals surface area (Å²) in [6.45, 7) is 15.6. The first-order valence-electron chi connectivity index (χ1n) is 9.43. The third-order valence-corrected chi connectivity index (χ3v) is 10.3. The fraction of sp³-hybridized carbons (Fsp3) is 1.00. The molecular weight excluding hydrogens is 307 g/mol. The van der Waals surface area contributed by atoms with Gasteiger partial charge in [-0.25, -0.2) is 0 Å². The lowest BCUT2D eigenvalue weighted by atomic mass is 9.78. The maximum absolute atomic E-state index is 5.04. The van der Waals surface area contributed by atoms with Gasteiger partial charge in [-0.2, -0.15) is 0 Å². The van der Waals surface area contributed by atoms with Crippen LogP contribution in [-0.2, 0) is 4.18 Å². The van der Waals surface area contributed by atoms with Crippen LogP contribution in [0.2, 0.25) is 0 Å². The first-order valence-corrected chi connectivity index (χ1v) is 11.4. The first kappa shape index (κ1) is 20.8. The third-order valence-electron chi connectivity index (χ3n) is 6.22. The molecule has 3 heteroatoms. The summed E-state index contributed by atoms with van der Waals surface area (Å²) in [6, 6.07) is 0. The molecule has 1 aliphatic heterocycles. The minimum atomic E-state index is 0.157. The Kier molecular flexibility index (Phi) is 9.35. The zero-order valence-electron chi connectivity index (χ0n) is 15.8. The smallest absolute Gasteiger partial charge is 0.0613 e. The molecule has 6 atom stereocenters. The number of hydrogen-bond acceptors (Lipinski definition) is 2. The predicted molar refractivity (Wildman–Crippen MR) is 105 cm³/mol. The molecule has 0 aromatic heterocycles. The molecule has 0 radical (unpaired) electrons. The van der Waals surface area contributed by atoms with E-state index in [-0.39, 0.29) is 7.92 Å². The molecule has 1 rings (SSSR count). The van der Waals surface area contributed by atoms with Crippen LogP contribution in [0.1, 0.15) is 80.1 Å². The highest BCUT2D eigenvalue weighted by molar-refractivity contribution is 7.75. The van der Waals surface area contributed by atoms with Crippen LogP contribution in [0.15, 0.2) is 0 Å². The average Bonchev–Trinajstić information content (AvgIpc) is 2.82. The van der Waals surface area contributed by atoms with E-state index in [2.05, 4.69) is 54.5 Å². The highest BCUT2D eigenvalue weighted by Crippen LogP contribution is 2.67. The van der Waals surface area contributed by atoms with E-state index >= 15 is 0 Å². The van der Waals surface area contributed by atoms with Gasteiger partial charge in [-0.1, -0.05) is 62.3 Å². The quantitative estimate of drug-likeness (QED) is 0.261. The molecule has 1 nitrogen and oxygen atoms in total. The minimum absolute atomic E-state index is 0.157. The van der Waals surface area contributed by atoms with Crippen molar-refractivity contribution < 1.29 is 4.18 Å². The van der Waals surface area contributed by atoms with Crippen LogP contribution in [0.4, 0.5) is 0 Å². The Morgan fingerprint density at radius 1 is 1.27 bits per heavy atom. The normalized spacial score (nSPS) is 32.9. The summed E-state index contributed by atoms with van der Waals surface area (Å²) < 4.78 is 5.04. The number of rotatable bonds is 10. The summed E-state index contributed by atoms with van der Waals surface area (Å²) in [5.74, 6) is 2.55. The van der Waals surface area contributed by atoms with Crippen molar-refractivity contribution in [2.24, 2.45) is 17.8 Å². The van der Waals surface area contributed by atoms with Gasteiger partial charge in [0.05, 0.1) is 6.61 Å². The van der Waals surface area contributed by atoms with Gasteiger partial charge in [-0.15, -0.1) is 0 Å². The highest BCUT2D eigenvalue weighted by atomic mass is 32.1. The van der Waals surface area contributed by atoms with Crippen LogP contribution in [0, 0.1) is 17.8 Å². The van der Waals surface area contributed by atoms with Crippen LogP contribution in [0.3, 0.4) is 0 Å². The molecule has 0 N–H and O–H groups in total. The van der Waals surface area contributed by atoms with E-state index in [1.807, 2.05) is 0 Å². The summed E-state index contributed by atoms with van der Waals surface area (Å²) >= 11 is 3.93. The van der Waals surface area contributed by atoms with Gasteiger partial charge in [0, 0.05) is 0 Å². The fourth-order valence-corrected chi connectivity index (χ4v) is 9.39. The van der Waals surface area contributed by atoms with Crippen molar-refractivity contribution in [2.45, 2.75) is 90.9 Å². The van der Waals surface area contributed by atoms with Gasteiger partial charge in [0.25, 0.3) is 0 Å². The standard InChI is InChI=1S/C19H39OPS/c1-7-11-19(6)18(16(4)9-12-20-22)10-13-21(19)17(5)14-15(3)8-2/h15-18,22H,7-14H2,1-6H3/t15-,16+,17?,18?,19?,21?/m0/s1. The maximum atomic E-state index is 5.04. The lowest BCUT2D eigenvalue weighted by Crippen LogP contribution is -2.34. The van der Waals surface area contributed by atoms with E-state index in [4.69, 9.17) is 4.18 Å². The number of thiol groups is 1. The van der Waals surface area contributed by atoms with Gasteiger partial charge in [0.1, 0.15) is 0 Å². The van der Waals surface area contributed by atoms with E-state index in [1.54, 1.807) is 0 Å². The molecule has 1 aliphatic rings. The van der Waals surface area contributed by atoms with Gasteiger partial charge in [0.2, 0.25) is 0 Å². The maximum Gasteiger partial charge on any atom is 0.0613 e. The Balaban J connectivity index is 2.81. The van der Waals surface area contributed by atoms with E-state index < -0.39 is 0 Å². The van der Waals surface area contributed by atoms with Gasteiger partial charge in [-0.05, 0) is 73.3 Å². The minimum Gasteiger partial charge on any atom is -0.318 e. The topological polar surface area (TPSA) is 9.23 Å². The largest absolute Gasteiger partial charge is 0.318 e. The molecule has 0 amide bonds. The van der Waals surface area contributed by atoms with Crippen LogP contribution in [0.5, 0.6) is 0 Å². The molecule has 1 heterocycles. The van der Waals surface area contributed by atoms with Crippen molar-refractivity contribution in [3.8, 4) is 0 Å². The lowest BCUT2D eigenvalue weighted by Gasteiger charge is -2.43. The van der Waals surface area contributed by atoms with Crippen molar-refractivity contribution in [1.29, 1.82) is 0 Å². The van der Waals surface area contributed by atoms with Crippen molar-refractivity contribution in [2.75, 3.05) is 12.8 Å². The molecule has 0 bridgehead atoms. The number of hydrogen-bond donors (Lipinski definition) is 1. The van der Waals surface area contributed by atoms with Crippen molar-refractivity contribution in [3.05, 3.63) is 0 Å². The van der Waals surface area contributed by atoms with E-state index in [0.717, 1.165) is 36.4 Å². The van der Waals surface area contributed by atoms with Gasteiger partial charge >= 0.3 is 0 Å². The molecule has 4 unspecified atom stereocenters. The summed E-state index contributed by atoms with van der Waals surface area (Å²) in [7, 11) is 0.157. The second-order valence-electron chi connectivity index (χ2n) is 7.89. The van der Waals surface area contributed by atoms with Gasteiger partial charge in [-0.3, -0.25) is 0 Å². The van der Waals surface area contributed by atoms with Gasteiger partial charge < -0.3 is 4.18 Å². The predicted octanol–water partition coefficient (Wildman–Crippen LogP) is 6.76.